The summed E-state index contributed by atoms with van der Waals surface area (Å²) in [6, 6.07) is 2.88. The first-order chi connectivity index (χ1) is 6.56. The maximum Gasteiger partial charge on any atom is 1.00 e. The van der Waals surface area contributed by atoms with E-state index in [1.165, 1.54) is 0 Å². The van der Waals surface area contributed by atoms with Crippen molar-refractivity contribution in [1.29, 1.82) is 0 Å². The van der Waals surface area contributed by atoms with Crippen LogP contribution in [0.5, 0.6) is 0 Å². The van der Waals surface area contributed by atoms with Gasteiger partial charge in [-0.15, -0.1) is 0 Å². The van der Waals surface area contributed by atoms with E-state index in [2.05, 4.69) is 4.74 Å². The van der Waals surface area contributed by atoms with Crippen LogP contribution in [0.3, 0.4) is 0 Å². The number of benzene rings is 1. The minimum atomic E-state index is -2.49. The molecule has 0 aliphatic carbocycles. The summed E-state index contributed by atoms with van der Waals surface area (Å²) in [6.07, 6.45) is 0. The maximum absolute atomic E-state index is 13.0. The first-order valence-electron chi connectivity index (χ1n) is 3.53. The largest absolute Gasteiger partial charge is 1.00 e. The number of halogens is 1. The monoisotopic (exact) mass is 240 g/mol. The van der Waals surface area contributed by atoms with E-state index in [0.717, 1.165) is 25.3 Å². The maximum atomic E-state index is 13.0. The van der Waals surface area contributed by atoms with Gasteiger partial charge in [0.05, 0.1) is 12.7 Å². The van der Waals surface area contributed by atoms with Gasteiger partial charge in [0.25, 0.3) is 0 Å². The standard InChI is InChI=1S/C8H7FO4S.Na/c1-13-8(10)6-4-5(14(11)12)2-3-7(6)9;/h2-4H,1H3,(H,11,12);/q;+1/p-1. The molecule has 0 saturated carbocycles. The van der Waals surface area contributed by atoms with Crippen molar-refractivity contribution in [2.24, 2.45) is 0 Å². The van der Waals surface area contributed by atoms with E-state index in [1.807, 2.05) is 0 Å². The normalized spacial score (nSPS) is 11.4. The molecule has 0 fully saturated rings. The average Bonchev–Trinajstić information content (AvgIpc) is 2.17. The summed E-state index contributed by atoms with van der Waals surface area (Å²) < 4.78 is 38.2. The van der Waals surface area contributed by atoms with Gasteiger partial charge in [0.2, 0.25) is 0 Å². The van der Waals surface area contributed by atoms with Gasteiger partial charge in [-0.05, 0) is 29.3 Å². The molecule has 0 aliphatic rings. The third kappa shape index (κ3) is 3.66. The van der Waals surface area contributed by atoms with E-state index in [-0.39, 0.29) is 34.5 Å². The van der Waals surface area contributed by atoms with Crippen LogP contribution in [0.1, 0.15) is 10.4 Å². The van der Waals surface area contributed by atoms with Crippen molar-refractivity contribution in [3.05, 3.63) is 29.6 Å². The Bertz CT molecular complexity index is 396. The fourth-order valence-electron chi connectivity index (χ4n) is 0.874. The van der Waals surface area contributed by atoms with Gasteiger partial charge in [0.1, 0.15) is 5.82 Å². The number of esters is 1. The first-order valence-corrected chi connectivity index (χ1v) is 4.61. The molecule has 0 bridgehead atoms. The number of methoxy groups -OCH3 is 1. The fraction of sp³-hybridized carbons (Fsp3) is 0.125. The molecule has 0 amide bonds. The van der Waals surface area contributed by atoms with Gasteiger partial charge in [-0.1, -0.05) is 0 Å². The van der Waals surface area contributed by atoms with Crippen LogP contribution in [0.2, 0.25) is 0 Å². The Balaban J connectivity index is 0.00000196. The molecule has 15 heavy (non-hydrogen) atoms. The van der Waals surface area contributed by atoms with Gasteiger partial charge in [-0.2, -0.15) is 0 Å². The van der Waals surface area contributed by atoms with Crippen molar-refractivity contribution in [3.8, 4) is 0 Å². The van der Waals surface area contributed by atoms with Crippen LogP contribution in [0.4, 0.5) is 4.39 Å². The van der Waals surface area contributed by atoms with E-state index in [9.17, 15) is 17.9 Å². The van der Waals surface area contributed by atoms with Crippen LogP contribution in [0.25, 0.3) is 0 Å². The van der Waals surface area contributed by atoms with Crippen molar-refractivity contribution in [3.63, 3.8) is 0 Å². The summed E-state index contributed by atoms with van der Waals surface area (Å²) in [6.45, 7) is 0. The number of carbonyl (C=O) groups is 1. The van der Waals surface area contributed by atoms with Gasteiger partial charge >= 0.3 is 35.5 Å². The quantitative estimate of drug-likeness (QED) is 0.336. The zero-order valence-electron chi connectivity index (χ0n) is 8.15. The van der Waals surface area contributed by atoms with Crippen LogP contribution in [-0.4, -0.2) is 21.8 Å². The third-order valence-electron chi connectivity index (χ3n) is 1.54. The van der Waals surface area contributed by atoms with Gasteiger partial charge in [-0.25, -0.2) is 9.18 Å². The van der Waals surface area contributed by atoms with Crippen molar-refractivity contribution >= 4 is 17.0 Å². The summed E-state index contributed by atoms with van der Waals surface area (Å²) in [7, 11) is 1.09. The second-order valence-corrected chi connectivity index (χ2v) is 3.31. The molecule has 0 aliphatic heterocycles. The second kappa shape index (κ2) is 6.34. The Morgan fingerprint density at radius 2 is 2.13 bits per heavy atom. The van der Waals surface area contributed by atoms with Crippen LogP contribution in [0, 0.1) is 5.82 Å². The molecule has 7 heteroatoms. The zero-order chi connectivity index (χ0) is 10.7. The SMILES string of the molecule is COC(=O)c1cc(S(=O)[O-])ccc1F.[Na+]. The van der Waals surface area contributed by atoms with Crippen LogP contribution in [0.15, 0.2) is 23.1 Å². The zero-order valence-corrected chi connectivity index (χ0v) is 11.0. The smallest absolute Gasteiger partial charge is 0.768 e. The fourth-order valence-corrected chi connectivity index (χ4v) is 1.27. The number of carbonyl (C=O) groups excluding carboxylic acids is 1. The van der Waals surface area contributed by atoms with Crippen molar-refractivity contribution < 1.29 is 52.2 Å². The molecule has 0 saturated heterocycles. The van der Waals surface area contributed by atoms with Gasteiger partial charge in [-0.3, -0.25) is 4.21 Å². The molecule has 1 atom stereocenters. The number of rotatable bonds is 2. The predicted octanol–water partition coefficient (Wildman–Crippen LogP) is -2.15. The average molecular weight is 240 g/mol. The van der Waals surface area contributed by atoms with Crippen molar-refractivity contribution in [2.45, 2.75) is 4.90 Å². The summed E-state index contributed by atoms with van der Waals surface area (Å²) in [4.78, 5) is 10.8. The van der Waals surface area contributed by atoms with E-state index in [1.54, 1.807) is 0 Å². The Morgan fingerprint density at radius 1 is 1.53 bits per heavy atom. The van der Waals surface area contributed by atoms with Crippen LogP contribution in [-0.2, 0) is 15.8 Å². The topological polar surface area (TPSA) is 66.4 Å². The van der Waals surface area contributed by atoms with Gasteiger partial charge in [0, 0.05) is 4.90 Å². The summed E-state index contributed by atoms with van der Waals surface area (Å²) >= 11 is -2.49. The Labute approximate surface area is 110 Å². The summed E-state index contributed by atoms with van der Waals surface area (Å²) in [5, 5.41) is 0. The number of ether oxygens (including phenoxy) is 1. The summed E-state index contributed by atoms with van der Waals surface area (Å²) in [5.41, 5.74) is -0.394. The van der Waals surface area contributed by atoms with Crippen LogP contribution >= 0.6 is 0 Å². The first kappa shape index (κ1) is 14.7. The number of hydrogen-bond donors (Lipinski definition) is 0. The summed E-state index contributed by atoms with van der Waals surface area (Å²) in [5.74, 6) is -1.72. The molecule has 0 N–H and O–H groups in total. The molecule has 0 radical (unpaired) electrons. The van der Waals surface area contributed by atoms with Crippen LogP contribution < -0.4 is 29.6 Å². The van der Waals surface area contributed by atoms with Crippen molar-refractivity contribution in [1.82, 2.24) is 0 Å². The van der Waals surface area contributed by atoms with E-state index >= 15 is 0 Å². The van der Waals surface area contributed by atoms with Crippen molar-refractivity contribution in [2.75, 3.05) is 7.11 Å². The minimum Gasteiger partial charge on any atom is -0.768 e. The second-order valence-electron chi connectivity index (χ2n) is 2.37. The molecule has 0 spiro atoms. The van der Waals surface area contributed by atoms with Gasteiger partial charge < -0.3 is 9.29 Å². The molecular weight excluding hydrogens is 234 g/mol. The molecule has 1 unspecified atom stereocenters. The Morgan fingerprint density at radius 3 is 2.60 bits per heavy atom. The molecule has 4 nitrogen and oxygen atoms in total. The Hall–Kier alpha value is -0.270. The van der Waals surface area contributed by atoms with E-state index in [0.29, 0.717) is 0 Å². The van der Waals surface area contributed by atoms with E-state index in [4.69, 9.17) is 0 Å². The minimum absolute atomic E-state index is 0. The van der Waals surface area contributed by atoms with Gasteiger partial charge in [0.15, 0.2) is 0 Å². The molecule has 1 rings (SSSR count). The molecule has 76 valence electrons. The molecule has 0 heterocycles. The van der Waals surface area contributed by atoms with E-state index < -0.39 is 28.4 Å². The molecule has 1 aromatic carbocycles. The number of hydrogen-bond acceptors (Lipinski definition) is 4. The molecule has 1 aromatic rings. The Kier molecular flexibility index (Phi) is 6.23. The predicted molar refractivity (Wildman–Crippen MR) is 44.9 cm³/mol. The third-order valence-corrected chi connectivity index (χ3v) is 2.17. The molecule has 0 aromatic heterocycles. The molecular formula is C8H6FNaO4S.